The quantitative estimate of drug-likeness (QED) is 0.909. The van der Waals surface area contributed by atoms with Gasteiger partial charge in [0.2, 0.25) is 0 Å². The number of halogens is 2. The summed E-state index contributed by atoms with van der Waals surface area (Å²) in [6.45, 7) is 5.20. The van der Waals surface area contributed by atoms with E-state index in [1.165, 1.54) is 6.07 Å². The summed E-state index contributed by atoms with van der Waals surface area (Å²) in [4.78, 5) is 2.35. The average molecular weight is 271 g/mol. The number of hydrogen-bond acceptors (Lipinski definition) is 2. The van der Waals surface area contributed by atoms with Crippen LogP contribution in [0.25, 0.3) is 0 Å². The number of nitrogens with one attached hydrogen (secondary N) is 1. The molecule has 1 aliphatic rings. The molecule has 0 amide bonds. The van der Waals surface area contributed by atoms with Gasteiger partial charge in [-0.2, -0.15) is 0 Å². The Kier molecular flexibility index (Phi) is 4.60. The largest absolute Gasteiger partial charge is 0.310 e. The highest BCUT2D eigenvalue weighted by molar-refractivity contribution is 6.30. The molecule has 2 rings (SSSR count). The molecule has 2 nitrogen and oxygen atoms in total. The Bertz CT molecular complexity index is 411. The summed E-state index contributed by atoms with van der Waals surface area (Å²) >= 11 is 5.67. The predicted molar refractivity (Wildman–Crippen MR) is 73.3 cm³/mol. The summed E-state index contributed by atoms with van der Waals surface area (Å²) in [6.07, 6.45) is 1.15. The Morgan fingerprint density at radius 3 is 2.94 bits per heavy atom. The third-order valence-corrected chi connectivity index (χ3v) is 3.97. The highest BCUT2D eigenvalue weighted by Crippen LogP contribution is 2.18. The number of rotatable bonds is 3. The molecule has 0 bridgehead atoms. The van der Waals surface area contributed by atoms with Crippen LogP contribution in [0.5, 0.6) is 0 Å². The first-order valence-electron chi connectivity index (χ1n) is 6.42. The normalized spacial score (nSPS) is 25.3. The fourth-order valence-corrected chi connectivity index (χ4v) is 2.67. The molecule has 1 fully saturated rings. The van der Waals surface area contributed by atoms with E-state index in [0.717, 1.165) is 25.1 Å². The molecule has 100 valence electrons. The fraction of sp³-hybridized carbons (Fsp3) is 0.571. The van der Waals surface area contributed by atoms with E-state index >= 15 is 0 Å². The van der Waals surface area contributed by atoms with Crippen LogP contribution >= 0.6 is 11.6 Å². The van der Waals surface area contributed by atoms with Gasteiger partial charge in [0.1, 0.15) is 5.82 Å². The molecule has 1 aromatic carbocycles. The minimum absolute atomic E-state index is 0.186. The monoisotopic (exact) mass is 270 g/mol. The van der Waals surface area contributed by atoms with E-state index in [9.17, 15) is 4.39 Å². The molecule has 0 aliphatic carbocycles. The number of piperidine rings is 1. The number of nitrogens with zero attached hydrogens (tertiary/aromatic N) is 1. The molecule has 1 aliphatic heterocycles. The van der Waals surface area contributed by atoms with Gasteiger partial charge in [0.05, 0.1) is 5.02 Å². The van der Waals surface area contributed by atoms with Gasteiger partial charge in [-0.05, 0) is 43.6 Å². The van der Waals surface area contributed by atoms with Crippen molar-refractivity contribution in [2.75, 3.05) is 20.1 Å². The van der Waals surface area contributed by atoms with Crippen LogP contribution < -0.4 is 5.32 Å². The Hall–Kier alpha value is -0.640. The van der Waals surface area contributed by atoms with Crippen molar-refractivity contribution in [3.8, 4) is 0 Å². The molecule has 18 heavy (non-hydrogen) atoms. The van der Waals surface area contributed by atoms with Gasteiger partial charge in [0.25, 0.3) is 0 Å². The molecule has 2 atom stereocenters. The van der Waals surface area contributed by atoms with Crippen LogP contribution in [0.1, 0.15) is 18.9 Å². The van der Waals surface area contributed by atoms with Crippen molar-refractivity contribution in [1.29, 1.82) is 0 Å². The first kappa shape index (κ1) is 13.8. The highest BCUT2D eigenvalue weighted by atomic mass is 35.5. The van der Waals surface area contributed by atoms with Crippen LogP contribution in [0.2, 0.25) is 5.02 Å². The third-order valence-electron chi connectivity index (χ3n) is 3.66. The van der Waals surface area contributed by atoms with E-state index in [4.69, 9.17) is 11.6 Å². The van der Waals surface area contributed by atoms with Gasteiger partial charge < -0.3 is 10.2 Å². The van der Waals surface area contributed by atoms with Crippen LogP contribution in [0.15, 0.2) is 18.2 Å². The molecule has 1 aromatic rings. The van der Waals surface area contributed by atoms with Gasteiger partial charge in [-0.3, -0.25) is 0 Å². The Balaban J connectivity index is 1.89. The van der Waals surface area contributed by atoms with Crippen LogP contribution in [0.3, 0.4) is 0 Å². The summed E-state index contributed by atoms with van der Waals surface area (Å²) in [5.41, 5.74) is 0.947. The number of benzene rings is 1. The minimum Gasteiger partial charge on any atom is -0.310 e. The third kappa shape index (κ3) is 3.44. The van der Waals surface area contributed by atoms with E-state index in [-0.39, 0.29) is 10.8 Å². The van der Waals surface area contributed by atoms with Gasteiger partial charge in [-0.15, -0.1) is 0 Å². The molecule has 1 heterocycles. The van der Waals surface area contributed by atoms with Crippen LogP contribution in [0, 0.1) is 11.7 Å². The molecule has 1 saturated heterocycles. The van der Waals surface area contributed by atoms with E-state index < -0.39 is 0 Å². The highest BCUT2D eigenvalue weighted by Gasteiger charge is 2.23. The standard InChI is InChI=1S/C14H20ClFN2/c1-10-9-18(2)6-5-14(10)17-8-11-3-4-12(15)13(16)7-11/h3-4,7,10,14,17H,5-6,8-9H2,1-2H3. The number of likely N-dealkylation sites (tertiary alicyclic amines) is 1. The smallest absolute Gasteiger partial charge is 0.142 e. The summed E-state index contributed by atoms with van der Waals surface area (Å²) in [6, 6.07) is 5.51. The van der Waals surface area contributed by atoms with Crippen molar-refractivity contribution in [2.24, 2.45) is 5.92 Å². The van der Waals surface area contributed by atoms with E-state index in [1.54, 1.807) is 6.07 Å². The maximum Gasteiger partial charge on any atom is 0.142 e. The average Bonchev–Trinajstić information content (AvgIpc) is 2.32. The van der Waals surface area contributed by atoms with Crippen LogP contribution in [-0.2, 0) is 6.54 Å². The SMILES string of the molecule is CC1CN(C)CCC1NCc1ccc(Cl)c(F)c1. The molecule has 1 N–H and O–H groups in total. The zero-order valence-electron chi connectivity index (χ0n) is 10.9. The maximum atomic E-state index is 13.3. The summed E-state index contributed by atoms with van der Waals surface area (Å²) in [5.74, 6) is 0.285. The van der Waals surface area contributed by atoms with Crippen molar-refractivity contribution in [2.45, 2.75) is 25.9 Å². The predicted octanol–water partition coefficient (Wildman–Crippen LogP) is 2.91. The van der Waals surface area contributed by atoms with Crippen molar-refractivity contribution in [3.63, 3.8) is 0 Å². The van der Waals surface area contributed by atoms with Crippen LogP contribution in [-0.4, -0.2) is 31.1 Å². The van der Waals surface area contributed by atoms with Crippen LogP contribution in [0.4, 0.5) is 4.39 Å². The maximum absolute atomic E-state index is 13.3. The van der Waals surface area contributed by atoms with Gasteiger partial charge in [-0.1, -0.05) is 24.6 Å². The van der Waals surface area contributed by atoms with Gasteiger partial charge in [0, 0.05) is 19.1 Å². The first-order chi connectivity index (χ1) is 8.56. The summed E-state index contributed by atoms with van der Waals surface area (Å²) in [7, 11) is 2.15. The zero-order valence-corrected chi connectivity index (χ0v) is 11.7. The zero-order chi connectivity index (χ0) is 13.1. The lowest BCUT2D eigenvalue weighted by molar-refractivity contribution is 0.174. The van der Waals surface area contributed by atoms with Crippen molar-refractivity contribution in [1.82, 2.24) is 10.2 Å². The van der Waals surface area contributed by atoms with Crippen molar-refractivity contribution < 1.29 is 4.39 Å². The van der Waals surface area contributed by atoms with Gasteiger partial charge in [-0.25, -0.2) is 4.39 Å². The van der Waals surface area contributed by atoms with Gasteiger partial charge >= 0.3 is 0 Å². The van der Waals surface area contributed by atoms with E-state index in [0.29, 0.717) is 18.5 Å². The van der Waals surface area contributed by atoms with Crippen molar-refractivity contribution in [3.05, 3.63) is 34.6 Å². The summed E-state index contributed by atoms with van der Waals surface area (Å²) < 4.78 is 13.3. The molecule has 2 unspecified atom stereocenters. The Labute approximate surface area is 113 Å². The summed E-state index contributed by atoms with van der Waals surface area (Å²) in [5, 5.41) is 3.70. The first-order valence-corrected chi connectivity index (χ1v) is 6.80. The second kappa shape index (κ2) is 6.00. The van der Waals surface area contributed by atoms with Crippen molar-refractivity contribution >= 4 is 11.6 Å². The second-order valence-corrected chi connectivity index (χ2v) is 5.67. The molecular weight excluding hydrogens is 251 g/mol. The minimum atomic E-state index is -0.340. The molecule has 0 saturated carbocycles. The fourth-order valence-electron chi connectivity index (χ4n) is 2.56. The molecule has 0 radical (unpaired) electrons. The van der Waals surface area contributed by atoms with E-state index in [2.05, 4.69) is 24.2 Å². The second-order valence-electron chi connectivity index (χ2n) is 5.26. The molecule has 0 aromatic heterocycles. The number of hydrogen-bond donors (Lipinski definition) is 1. The molecular formula is C14H20ClFN2. The van der Waals surface area contributed by atoms with E-state index in [1.807, 2.05) is 6.07 Å². The van der Waals surface area contributed by atoms with Gasteiger partial charge in [0.15, 0.2) is 0 Å². The topological polar surface area (TPSA) is 15.3 Å². The lowest BCUT2D eigenvalue weighted by Gasteiger charge is -2.35. The lowest BCUT2D eigenvalue weighted by Crippen LogP contribution is -2.46. The Morgan fingerprint density at radius 1 is 1.50 bits per heavy atom. The Morgan fingerprint density at radius 2 is 2.28 bits per heavy atom. The molecule has 4 heteroatoms. The molecule has 0 spiro atoms. The lowest BCUT2D eigenvalue weighted by atomic mass is 9.94.